The van der Waals surface area contributed by atoms with Crippen molar-refractivity contribution in [1.29, 1.82) is 0 Å². The molecule has 0 spiro atoms. The number of ether oxygens (including phenoxy) is 2. The number of nitrogen functional groups attached to an aromatic ring is 1. The molecule has 1 aromatic carbocycles. The standard InChI is InChI=1S/C27H30F2N10O3/c28-18-12-19(29)22(42-15-17-14-40-11-3-31-17)13-20(18)37-7-4-36(5-8-37)6-9-38-16-32-23-25(38)34-27(30)39-26(23)33-24(35-39)21-2-1-10-41-21/h1-2,10,12-13,16-17,31H,3-9,11,14-15H2,(H2,30,34). The van der Waals surface area contributed by atoms with Gasteiger partial charge in [-0.25, -0.2) is 18.7 Å². The number of nitrogens with one attached hydrogen (secondary N) is 1. The van der Waals surface area contributed by atoms with Gasteiger partial charge in [0.1, 0.15) is 12.4 Å². The van der Waals surface area contributed by atoms with Gasteiger partial charge in [0.25, 0.3) is 0 Å². The molecular weight excluding hydrogens is 550 g/mol. The minimum atomic E-state index is -0.714. The van der Waals surface area contributed by atoms with Crippen molar-refractivity contribution in [2.24, 2.45) is 0 Å². The average molecular weight is 581 g/mol. The Bertz CT molecular complexity index is 1690. The Hall–Kier alpha value is -4.34. The summed E-state index contributed by atoms with van der Waals surface area (Å²) in [7, 11) is 0. The molecule has 0 radical (unpaired) electrons. The highest BCUT2D eigenvalue weighted by Crippen LogP contribution is 2.29. The molecule has 2 aliphatic heterocycles. The summed E-state index contributed by atoms with van der Waals surface area (Å²) >= 11 is 0. The Morgan fingerprint density at radius 2 is 1.95 bits per heavy atom. The predicted octanol–water partition coefficient (Wildman–Crippen LogP) is 1.78. The SMILES string of the molecule is Nc1nc2c(ncn2CCN2CCN(c3cc(OCC4COCCN4)c(F)cc3F)CC2)c2nc(-c3ccco3)nn12. The van der Waals surface area contributed by atoms with Gasteiger partial charge in [-0.15, -0.1) is 5.10 Å². The first-order chi connectivity index (χ1) is 20.5. The molecule has 2 fully saturated rings. The van der Waals surface area contributed by atoms with Gasteiger partial charge in [-0.1, -0.05) is 0 Å². The maximum atomic E-state index is 14.8. The molecule has 0 aliphatic carbocycles. The first-order valence-corrected chi connectivity index (χ1v) is 13.8. The number of morpholine rings is 1. The molecule has 3 N–H and O–H groups in total. The number of aromatic nitrogens is 6. The Morgan fingerprint density at radius 1 is 1.07 bits per heavy atom. The Morgan fingerprint density at radius 3 is 2.74 bits per heavy atom. The van der Waals surface area contributed by atoms with Crippen LogP contribution in [0.3, 0.4) is 0 Å². The zero-order valence-corrected chi connectivity index (χ0v) is 22.7. The van der Waals surface area contributed by atoms with Crippen LogP contribution in [-0.2, 0) is 11.3 Å². The van der Waals surface area contributed by atoms with Crippen LogP contribution >= 0.6 is 0 Å². The third kappa shape index (κ3) is 5.10. The highest BCUT2D eigenvalue weighted by Gasteiger charge is 2.23. The van der Waals surface area contributed by atoms with E-state index in [0.29, 0.717) is 80.0 Å². The molecule has 0 amide bonds. The maximum absolute atomic E-state index is 14.8. The van der Waals surface area contributed by atoms with Crippen molar-refractivity contribution in [3.05, 3.63) is 48.5 Å². The van der Waals surface area contributed by atoms with Crippen molar-refractivity contribution in [1.82, 2.24) is 39.3 Å². The number of furan rings is 1. The van der Waals surface area contributed by atoms with E-state index < -0.39 is 11.6 Å². The molecular formula is C27H30F2N10O3. The van der Waals surface area contributed by atoms with E-state index in [4.69, 9.17) is 19.6 Å². The topological polar surface area (TPSA) is 137 Å². The van der Waals surface area contributed by atoms with Crippen molar-refractivity contribution in [2.45, 2.75) is 12.6 Å². The zero-order valence-electron chi connectivity index (χ0n) is 22.7. The third-order valence-electron chi connectivity index (χ3n) is 7.62. The fourth-order valence-corrected chi connectivity index (χ4v) is 5.36. The lowest BCUT2D eigenvalue weighted by Gasteiger charge is -2.36. The summed E-state index contributed by atoms with van der Waals surface area (Å²) in [5.74, 6) is -0.143. The summed E-state index contributed by atoms with van der Waals surface area (Å²) in [5, 5.41) is 7.68. The van der Waals surface area contributed by atoms with E-state index >= 15 is 0 Å². The van der Waals surface area contributed by atoms with Gasteiger partial charge in [0, 0.05) is 57.9 Å². The van der Waals surface area contributed by atoms with Gasteiger partial charge in [-0.05, 0) is 12.1 Å². The summed E-state index contributed by atoms with van der Waals surface area (Å²) in [5.41, 5.74) is 8.26. The molecule has 6 heterocycles. The summed E-state index contributed by atoms with van der Waals surface area (Å²) < 4.78 is 49.2. The molecule has 15 heteroatoms. The first kappa shape index (κ1) is 26.6. The number of hydrogen-bond donors (Lipinski definition) is 2. The number of anilines is 2. The monoisotopic (exact) mass is 580 g/mol. The molecule has 220 valence electrons. The second-order valence-electron chi connectivity index (χ2n) is 10.3. The fraction of sp³-hybridized carbons (Fsp3) is 0.407. The van der Waals surface area contributed by atoms with Gasteiger partial charge in [-0.3, -0.25) is 4.90 Å². The summed E-state index contributed by atoms with van der Waals surface area (Å²) in [6, 6.07) is 5.86. The van der Waals surface area contributed by atoms with Gasteiger partial charge in [0.05, 0.1) is 37.5 Å². The lowest BCUT2D eigenvalue weighted by Crippen LogP contribution is -2.47. The van der Waals surface area contributed by atoms with Crippen LogP contribution in [0.2, 0.25) is 0 Å². The van der Waals surface area contributed by atoms with Gasteiger partial charge in [0.2, 0.25) is 11.8 Å². The second-order valence-corrected chi connectivity index (χ2v) is 10.3. The maximum Gasteiger partial charge on any atom is 0.225 e. The Labute approximate surface area is 238 Å². The number of halogens is 2. The van der Waals surface area contributed by atoms with Crippen LogP contribution in [0.15, 0.2) is 41.3 Å². The Balaban J connectivity index is 0.993. The van der Waals surface area contributed by atoms with Crippen molar-refractivity contribution in [2.75, 3.05) is 69.7 Å². The average Bonchev–Trinajstić information content (AvgIpc) is 3.77. The number of nitrogens with two attached hydrogens (primary N) is 1. The smallest absolute Gasteiger partial charge is 0.225 e. The molecule has 1 atom stereocenters. The highest BCUT2D eigenvalue weighted by atomic mass is 19.1. The number of piperazine rings is 1. The molecule has 0 saturated carbocycles. The lowest BCUT2D eigenvalue weighted by molar-refractivity contribution is 0.0586. The molecule has 13 nitrogen and oxygen atoms in total. The van der Waals surface area contributed by atoms with Crippen LogP contribution in [-0.4, -0.2) is 99.2 Å². The number of hydrogen-bond acceptors (Lipinski definition) is 11. The number of rotatable bonds is 8. The number of imidazole rings is 1. The molecule has 0 bridgehead atoms. The predicted molar refractivity (Wildman–Crippen MR) is 149 cm³/mol. The summed E-state index contributed by atoms with van der Waals surface area (Å²) in [6.45, 7) is 6.04. The van der Waals surface area contributed by atoms with Gasteiger partial charge in [0.15, 0.2) is 34.1 Å². The summed E-state index contributed by atoms with van der Waals surface area (Å²) in [4.78, 5) is 17.8. The van der Waals surface area contributed by atoms with Crippen LogP contribution < -0.4 is 20.7 Å². The molecule has 1 unspecified atom stereocenters. The van der Waals surface area contributed by atoms with Crippen LogP contribution in [0.5, 0.6) is 5.75 Å². The Kier molecular flexibility index (Phi) is 7.05. The number of nitrogens with zero attached hydrogens (tertiary/aromatic N) is 8. The van der Waals surface area contributed by atoms with Gasteiger partial charge < -0.3 is 34.4 Å². The van der Waals surface area contributed by atoms with Crippen LogP contribution in [0.25, 0.3) is 28.4 Å². The van der Waals surface area contributed by atoms with Crippen molar-refractivity contribution in [3.8, 4) is 17.3 Å². The normalized spacial score (nSPS) is 18.3. The van der Waals surface area contributed by atoms with Crippen molar-refractivity contribution >= 4 is 28.4 Å². The highest BCUT2D eigenvalue weighted by molar-refractivity contribution is 5.87. The number of benzene rings is 1. The van der Waals surface area contributed by atoms with Crippen LogP contribution in [0.1, 0.15) is 0 Å². The van der Waals surface area contributed by atoms with E-state index in [9.17, 15) is 8.78 Å². The van der Waals surface area contributed by atoms with E-state index in [1.807, 2.05) is 9.47 Å². The van der Waals surface area contributed by atoms with E-state index in [2.05, 4.69) is 30.3 Å². The largest absolute Gasteiger partial charge is 0.489 e. The zero-order chi connectivity index (χ0) is 28.6. The quantitative estimate of drug-likeness (QED) is 0.278. The molecule has 4 aromatic heterocycles. The van der Waals surface area contributed by atoms with Crippen molar-refractivity contribution < 1.29 is 22.7 Å². The van der Waals surface area contributed by atoms with E-state index in [1.165, 1.54) is 10.6 Å². The molecule has 7 rings (SSSR count). The van der Waals surface area contributed by atoms with Crippen LogP contribution in [0.4, 0.5) is 20.4 Å². The van der Waals surface area contributed by atoms with E-state index in [1.54, 1.807) is 24.7 Å². The minimum Gasteiger partial charge on any atom is -0.489 e. The van der Waals surface area contributed by atoms with Crippen molar-refractivity contribution in [3.63, 3.8) is 0 Å². The molecule has 5 aromatic rings. The minimum absolute atomic E-state index is 0.0314. The summed E-state index contributed by atoms with van der Waals surface area (Å²) in [6.07, 6.45) is 3.28. The molecule has 2 saturated heterocycles. The number of fused-ring (bicyclic) bond motifs is 3. The second kappa shape index (κ2) is 11.2. The van der Waals surface area contributed by atoms with E-state index in [-0.39, 0.29) is 24.3 Å². The lowest BCUT2D eigenvalue weighted by atomic mass is 10.2. The van der Waals surface area contributed by atoms with Gasteiger partial charge >= 0.3 is 0 Å². The molecule has 2 aliphatic rings. The third-order valence-corrected chi connectivity index (χ3v) is 7.62. The molecule has 42 heavy (non-hydrogen) atoms. The van der Waals surface area contributed by atoms with Gasteiger partial charge in [-0.2, -0.15) is 9.50 Å². The first-order valence-electron chi connectivity index (χ1n) is 13.8. The van der Waals surface area contributed by atoms with Crippen LogP contribution in [0, 0.1) is 11.6 Å². The fourth-order valence-electron chi connectivity index (χ4n) is 5.36. The van der Waals surface area contributed by atoms with E-state index in [0.717, 1.165) is 19.2 Å².